The lowest BCUT2D eigenvalue weighted by Gasteiger charge is -2.35. The minimum absolute atomic E-state index is 0.0368. The highest BCUT2D eigenvalue weighted by molar-refractivity contribution is 5.89. The molecule has 0 radical (unpaired) electrons. The highest BCUT2D eigenvalue weighted by atomic mass is 19.4. The van der Waals surface area contributed by atoms with E-state index in [4.69, 9.17) is 5.11 Å². The van der Waals surface area contributed by atoms with Crippen LogP contribution in [0.25, 0.3) is 0 Å². The number of urea groups is 1. The van der Waals surface area contributed by atoms with Gasteiger partial charge in [-0.15, -0.1) is 0 Å². The molecular weight excluding hydrogens is 313 g/mol. The van der Waals surface area contributed by atoms with Gasteiger partial charge in [-0.1, -0.05) is 6.07 Å². The summed E-state index contributed by atoms with van der Waals surface area (Å²) in [6.07, 6.45) is -4.89. The van der Waals surface area contributed by atoms with Gasteiger partial charge in [0.05, 0.1) is 11.7 Å². The van der Waals surface area contributed by atoms with E-state index in [0.29, 0.717) is 13.0 Å². The van der Waals surface area contributed by atoms with Crippen molar-refractivity contribution in [1.29, 1.82) is 0 Å². The van der Waals surface area contributed by atoms with Crippen molar-refractivity contribution in [2.75, 3.05) is 25.0 Å². The number of aryl methyl sites for hydroxylation is 1. The van der Waals surface area contributed by atoms with Crippen LogP contribution in [0, 0.1) is 12.8 Å². The molecule has 2 atom stereocenters. The Labute approximate surface area is 131 Å². The average molecular weight is 332 g/mol. The van der Waals surface area contributed by atoms with Crippen molar-refractivity contribution in [2.24, 2.45) is 5.92 Å². The van der Waals surface area contributed by atoms with Crippen LogP contribution in [0.2, 0.25) is 0 Å². The van der Waals surface area contributed by atoms with Crippen molar-refractivity contribution in [1.82, 2.24) is 4.90 Å². The number of carbonyl (C=O) groups is 1. The molecule has 5 nitrogen and oxygen atoms in total. The Morgan fingerprint density at radius 2 is 2.13 bits per heavy atom. The van der Waals surface area contributed by atoms with E-state index < -0.39 is 23.9 Å². The van der Waals surface area contributed by atoms with Gasteiger partial charge in [-0.05, 0) is 31.0 Å². The van der Waals surface area contributed by atoms with Crippen molar-refractivity contribution in [2.45, 2.75) is 25.6 Å². The smallest absolute Gasteiger partial charge is 0.396 e. The zero-order valence-corrected chi connectivity index (χ0v) is 12.6. The number of rotatable bonds is 2. The number of nitrogens with zero attached hydrogens (tertiary/aromatic N) is 1. The third-order valence-electron chi connectivity index (χ3n) is 4.04. The molecule has 128 valence electrons. The number of anilines is 1. The third-order valence-corrected chi connectivity index (χ3v) is 4.04. The summed E-state index contributed by atoms with van der Waals surface area (Å²) in [6.45, 7) is 1.55. The van der Waals surface area contributed by atoms with Crippen molar-refractivity contribution >= 4 is 11.7 Å². The summed E-state index contributed by atoms with van der Waals surface area (Å²) in [4.78, 5) is 13.4. The number of aliphatic hydroxyl groups excluding tert-OH is 2. The molecule has 1 heterocycles. The Balaban J connectivity index is 2.06. The summed E-state index contributed by atoms with van der Waals surface area (Å²) in [7, 11) is 0. The number of likely N-dealkylation sites (tertiary alicyclic amines) is 1. The van der Waals surface area contributed by atoms with E-state index in [0.717, 1.165) is 6.07 Å². The summed E-state index contributed by atoms with van der Waals surface area (Å²) in [6, 6.07) is 3.02. The third kappa shape index (κ3) is 4.14. The summed E-state index contributed by atoms with van der Waals surface area (Å²) in [5.74, 6) is -0.282. The van der Waals surface area contributed by atoms with Crippen molar-refractivity contribution in [3.05, 3.63) is 29.3 Å². The second-order valence-electron chi connectivity index (χ2n) is 5.70. The molecule has 0 aromatic heterocycles. The number of β-amino-alcohol motifs (C(OH)–C–C–N with tert-alkyl or cyclic N) is 1. The fraction of sp³-hybridized carbons (Fsp3) is 0.533. The van der Waals surface area contributed by atoms with Crippen LogP contribution >= 0.6 is 0 Å². The highest BCUT2D eigenvalue weighted by Crippen LogP contribution is 2.33. The first-order valence-electron chi connectivity index (χ1n) is 7.25. The van der Waals surface area contributed by atoms with Gasteiger partial charge in [0.1, 0.15) is 0 Å². The first-order chi connectivity index (χ1) is 10.7. The number of aliphatic hydroxyl groups is 2. The van der Waals surface area contributed by atoms with Crippen LogP contribution in [-0.2, 0) is 6.18 Å². The Morgan fingerprint density at radius 1 is 1.43 bits per heavy atom. The number of hydrogen-bond acceptors (Lipinski definition) is 3. The Bertz CT molecular complexity index is 578. The Morgan fingerprint density at radius 3 is 2.70 bits per heavy atom. The van der Waals surface area contributed by atoms with E-state index in [1.165, 1.54) is 24.0 Å². The zero-order chi connectivity index (χ0) is 17.2. The topological polar surface area (TPSA) is 72.8 Å². The lowest BCUT2D eigenvalue weighted by atomic mass is 9.95. The number of nitrogens with one attached hydrogen (secondary N) is 1. The molecular formula is C15H19F3N2O3. The van der Waals surface area contributed by atoms with Crippen LogP contribution in [-0.4, -0.2) is 46.9 Å². The molecule has 1 aliphatic heterocycles. The number of piperidine rings is 1. The highest BCUT2D eigenvalue weighted by Gasteiger charge is 2.33. The normalized spacial score (nSPS) is 22.1. The van der Waals surface area contributed by atoms with Crippen LogP contribution < -0.4 is 5.32 Å². The van der Waals surface area contributed by atoms with Crippen molar-refractivity contribution in [3.63, 3.8) is 0 Å². The van der Waals surface area contributed by atoms with Crippen LogP contribution in [0.4, 0.5) is 23.7 Å². The predicted octanol–water partition coefficient (Wildman–Crippen LogP) is 2.22. The number of amides is 2. The monoisotopic (exact) mass is 332 g/mol. The largest absolute Gasteiger partial charge is 0.416 e. The van der Waals surface area contributed by atoms with Gasteiger partial charge in [0.2, 0.25) is 0 Å². The maximum absolute atomic E-state index is 12.9. The summed E-state index contributed by atoms with van der Waals surface area (Å²) in [5, 5.41) is 21.3. The van der Waals surface area contributed by atoms with Gasteiger partial charge in [-0.3, -0.25) is 0 Å². The summed E-state index contributed by atoms with van der Waals surface area (Å²) < 4.78 is 38.6. The minimum Gasteiger partial charge on any atom is -0.396 e. The number of hydrogen-bond donors (Lipinski definition) is 3. The molecule has 3 N–H and O–H groups in total. The van der Waals surface area contributed by atoms with Gasteiger partial charge < -0.3 is 20.4 Å². The van der Waals surface area contributed by atoms with Gasteiger partial charge >= 0.3 is 12.2 Å². The van der Waals surface area contributed by atoms with Crippen LogP contribution in [0.3, 0.4) is 0 Å². The minimum atomic E-state index is -4.49. The molecule has 0 spiro atoms. The molecule has 1 fully saturated rings. The van der Waals surface area contributed by atoms with Gasteiger partial charge in [0, 0.05) is 31.3 Å². The molecule has 2 rings (SSSR count). The van der Waals surface area contributed by atoms with E-state index >= 15 is 0 Å². The average Bonchev–Trinajstić information content (AvgIpc) is 2.48. The molecule has 8 heteroatoms. The van der Waals surface area contributed by atoms with Gasteiger partial charge in [-0.25, -0.2) is 4.79 Å². The number of alkyl halides is 3. The van der Waals surface area contributed by atoms with Gasteiger partial charge in [-0.2, -0.15) is 13.2 Å². The standard InChI is InChI=1S/C15H19F3N2O3/c1-9-2-3-11(6-12(9)15(16,17)18)19-14(23)20-5-4-10(8-21)13(22)7-20/h2-3,6,10,13,21-22H,4-5,7-8H2,1H3,(H,19,23)/t10-,13+/m1/s1. The van der Waals surface area contributed by atoms with E-state index in [-0.39, 0.29) is 30.3 Å². The molecule has 2 amide bonds. The van der Waals surface area contributed by atoms with E-state index in [9.17, 15) is 23.1 Å². The van der Waals surface area contributed by atoms with Crippen LogP contribution in [0.1, 0.15) is 17.5 Å². The Kier molecular flexibility index (Phi) is 5.16. The molecule has 1 aromatic carbocycles. The Hall–Kier alpha value is -1.80. The van der Waals surface area contributed by atoms with Crippen LogP contribution in [0.15, 0.2) is 18.2 Å². The lowest BCUT2D eigenvalue weighted by molar-refractivity contribution is -0.138. The molecule has 1 saturated heterocycles. The van der Waals surface area contributed by atoms with Crippen molar-refractivity contribution in [3.8, 4) is 0 Å². The lowest BCUT2D eigenvalue weighted by Crippen LogP contribution is -2.49. The van der Waals surface area contributed by atoms with Gasteiger partial charge in [0.15, 0.2) is 0 Å². The molecule has 0 unspecified atom stereocenters. The molecule has 23 heavy (non-hydrogen) atoms. The maximum atomic E-state index is 12.9. The zero-order valence-electron chi connectivity index (χ0n) is 12.6. The first kappa shape index (κ1) is 17.6. The molecule has 0 saturated carbocycles. The fourth-order valence-corrected chi connectivity index (χ4v) is 2.59. The summed E-state index contributed by atoms with van der Waals surface area (Å²) in [5.41, 5.74) is -0.671. The van der Waals surface area contributed by atoms with E-state index in [1.807, 2.05) is 0 Å². The SMILES string of the molecule is Cc1ccc(NC(=O)N2CC[C@H](CO)[C@@H](O)C2)cc1C(F)(F)F. The van der Waals surface area contributed by atoms with E-state index in [1.54, 1.807) is 0 Å². The van der Waals surface area contributed by atoms with Crippen LogP contribution in [0.5, 0.6) is 0 Å². The second kappa shape index (κ2) is 6.76. The molecule has 1 aromatic rings. The quantitative estimate of drug-likeness (QED) is 0.777. The second-order valence-corrected chi connectivity index (χ2v) is 5.70. The first-order valence-corrected chi connectivity index (χ1v) is 7.25. The van der Waals surface area contributed by atoms with Crippen molar-refractivity contribution < 1.29 is 28.2 Å². The molecule has 0 bridgehead atoms. The molecule has 0 aliphatic carbocycles. The fourth-order valence-electron chi connectivity index (χ4n) is 2.59. The number of carbonyl (C=O) groups excluding carboxylic acids is 1. The summed E-state index contributed by atoms with van der Waals surface area (Å²) >= 11 is 0. The number of halogens is 3. The van der Waals surface area contributed by atoms with E-state index in [2.05, 4.69) is 5.32 Å². The molecule has 1 aliphatic rings. The predicted molar refractivity (Wildman–Crippen MR) is 78.0 cm³/mol. The number of benzene rings is 1. The maximum Gasteiger partial charge on any atom is 0.416 e. The van der Waals surface area contributed by atoms with Gasteiger partial charge in [0.25, 0.3) is 0 Å².